The van der Waals surface area contributed by atoms with Gasteiger partial charge in [-0.25, -0.2) is 0 Å². The Balaban J connectivity index is 1.91. The van der Waals surface area contributed by atoms with Crippen molar-refractivity contribution in [2.45, 2.75) is 6.04 Å². The molecule has 126 valence electrons. The summed E-state index contributed by atoms with van der Waals surface area (Å²) in [5, 5.41) is 14.5. The van der Waals surface area contributed by atoms with E-state index in [4.69, 9.17) is 11.6 Å². The van der Waals surface area contributed by atoms with Gasteiger partial charge in [0.1, 0.15) is 5.82 Å². The minimum atomic E-state index is -0.282. The molecule has 0 fully saturated rings. The van der Waals surface area contributed by atoms with Crippen LogP contribution in [0.5, 0.6) is 0 Å². The standard InChI is InChI=1S/C18H16ClN5O/c1-20-18(25)15-8-9-16(24-23-15)22-17(14-7-2-3-10-21-14)12-5-4-6-13(19)11-12/h2-11,17H,1H3,(H,20,25)(H,22,24). The van der Waals surface area contributed by atoms with E-state index in [2.05, 4.69) is 25.8 Å². The Morgan fingerprint density at radius 2 is 1.96 bits per heavy atom. The lowest BCUT2D eigenvalue weighted by Gasteiger charge is -2.19. The fourth-order valence-electron chi connectivity index (χ4n) is 2.37. The van der Waals surface area contributed by atoms with Crippen molar-refractivity contribution in [2.24, 2.45) is 0 Å². The van der Waals surface area contributed by atoms with Crippen molar-refractivity contribution in [1.82, 2.24) is 20.5 Å². The average Bonchev–Trinajstić information content (AvgIpc) is 2.66. The predicted octanol–water partition coefficient (Wildman–Crippen LogP) is 3.09. The zero-order valence-electron chi connectivity index (χ0n) is 13.5. The number of amides is 1. The van der Waals surface area contributed by atoms with Gasteiger partial charge in [-0.3, -0.25) is 9.78 Å². The molecule has 1 aromatic carbocycles. The molecule has 2 N–H and O–H groups in total. The van der Waals surface area contributed by atoms with Gasteiger partial charge in [-0.1, -0.05) is 29.8 Å². The van der Waals surface area contributed by atoms with E-state index in [1.165, 1.54) is 0 Å². The number of benzene rings is 1. The first-order chi connectivity index (χ1) is 12.2. The lowest BCUT2D eigenvalue weighted by atomic mass is 10.0. The highest BCUT2D eigenvalue weighted by Gasteiger charge is 2.17. The van der Waals surface area contributed by atoms with Crippen LogP contribution < -0.4 is 10.6 Å². The Morgan fingerprint density at radius 3 is 2.60 bits per heavy atom. The van der Waals surface area contributed by atoms with E-state index >= 15 is 0 Å². The summed E-state index contributed by atoms with van der Waals surface area (Å²) in [4.78, 5) is 16.0. The molecule has 1 atom stereocenters. The van der Waals surface area contributed by atoms with Gasteiger partial charge in [-0.15, -0.1) is 10.2 Å². The quantitative estimate of drug-likeness (QED) is 0.736. The number of halogens is 1. The minimum absolute atomic E-state index is 0.250. The number of carbonyl (C=O) groups is 1. The minimum Gasteiger partial charge on any atom is -0.356 e. The summed E-state index contributed by atoms with van der Waals surface area (Å²) >= 11 is 6.13. The fourth-order valence-corrected chi connectivity index (χ4v) is 2.57. The molecule has 0 saturated heterocycles. The highest BCUT2D eigenvalue weighted by Crippen LogP contribution is 2.26. The maximum absolute atomic E-state index is 11.6. The highest BCUT2D eigenvalue weighted by molar-refractivity contribution is 6.30. The van der Waals surface area contributed by atoms with Gasteiger partial charge in [0, 0.05) is 18.3 Å². The van der Waals surface area contributed by atoms with Gasteiger partial charge < -0.3 is 10.6 Å². The van der Waals surface area contributed by atoms with Crippen LogP contribution in [-0.4, -0.2) is 28.1 Å². The Bertz CT molecular complexity index is 855. The van der Waals surface area contributed by atoms with Crippen molar-refractivity contribution >= 4 is 23.3 Å². The molecule has 2 heterocycles. The van der Waals surface area contributed by atoms with E-state index in [1.807, 2.05) is 42.5 Å². The van der Waals surface area contributed by atoms with Crippen molar-refractivity contribution in [3.63, 3.8) is 0 Å². The molecule has 1 unspecified atom stereocenters. The predicted molar refractivity (Wildman–Crippen MR) is 96.6 cm³/mol. The topological polar surface area (TPSA) is 79.8 Å². The second kappa shape index (κ2) is 7.72. The number of hydrogen-bond acceptors (Lipinski definition) is 5. The zero-order valence-corrected chi connectivity index (χ0v) is 14.2. The molecule has 25 heavy (non-hydrogen) atoms. The molecule has 0 aliphatic heterocycles. The zero-order chi connectivity index (χ0) is 17.6. The third-order valence-corrected chi connectivity index (χ3v) is 3.82. The number of pyridine rings is 1. The van der Waals surface area contributed by atoms with Crippen molar-refractivity contribution in [3.8, 4) is 0 Å². The summed E-state index contributed by atoms with van der Waals surface area (Å²) in [6, 6.07) is 16.3. The third-order valence-electron chi connectivity index (χ3n) is 3.58. The van der Waals surface area contributed by atoms with Crippen molar-refractivity contribution < 1.29 is 4.79 Å². The molecular formula is C18H16ClN5O. The molecule has 0 spiro atoms. The molecule has 0 aliphatic rings. The van der Waals surface area contributed by atoms with Crippen LogP contribution in [0.1, 0.15) is 27.8 Å². The lowest BCUT2D eigenvalue weighted by Crippen LogP contribution is -2.20. The summed E-state index contributed by atoms with van der Waals surface area (Å²) in [5.74, 6) is 0.249. The van der Waals surface area contributed by atoms with Crippen molar-refractivity contribution in [2.75, 3.05) is 12.4 Å². The summed E-state index contributed by atoms with van der Waals surface area (Å²) in [7, 11) is 1.55. The Labute approximate surface area is 150 Å². The number of hydrogen-bond donors (Lipinski definition) is 2. The number of nitrogens with zero attached hydrogens (tertiary/aromatic N) is 3. The largest absolute Gasteiger partial charge is 0.356 e. The maximum Gasteiger partial charge on any atom is 0.271 e. The molecular weight excluding hydrogens is 338 g/mol. The van der Waals surface area contributed by atoms with E-state index in [9.17, 15) is 4.79 Å². The Kier molecular flexibility index (Phi) is 5.20. The molecule has 7 heteroatoms. The van der Waals surface area contributed by atoms with E-state index in [-0.39, 0.29) is 17.6 Å². The highest BCUT2D eigenvalue weighted by atomic mass is 35.5. The van der Waals surface area contributed by atoms with Crippen LogP contribution in [0.2, 0.25) is 5.02 Å². The first-order valence-corrected chi connectivity index (χ1v) is 8.04. The number of nitrogens with one attached hydrogen (secondary N) is 2. The molecule has 1 amide bonds. The van der Waals surface area contributed by atoms with Crippen LogP contribution in [0.3, 0.4) is 0 Å². The molecule has 2 aromatic heterocycles. The second-order valence-corrected chi connectivity index (χ2v) is 5.71. The lowest BCUT2D eigenvalue weighted by molar-refractivity contribution is 0.0957. The summed E-state index contributed by atoms with van der Waals surface area (Å²) in [6.07, 6.45) is 1.73. The molecule has 0 aliphatic carbocycles. The third kappa shape index (κ3) is 4.10. The van der Waals surface area contributed by atoms with Crippen LogP contribution >= 0.6 is 11.6 Å². The van der Waals surface area contributed by atoms with Crippen molar-refractivity contribution in [3.05, 3.63) is 82.8 Å². The SMILES string of the molecule is CNC(=O)c1ccc(NC(c2cccc(Cl)c2)c2ccccn2)nn1. The van der Waals surface area contributed by atoms with E-state index in [0.29, 0.717) is 10.8 Å². The van der Waals surface area contributed by atoms with Crippen LogP contribution in [0.4, 0.5) is 5.82 Å². The summed E-state index contributed by atoms with van der Waals surface area (Å²) < 4.78 is 0. The van der Waals surface area contributed by atoms with Gasteiger partial charge in [0.15, 0.2) is 5.69 Å². The molecule has 0 saturated carbocycles. The molecule has 3 aromatic rings. The fraction of sp³-hybridized carbons (Fsp3) is 0.111. The van der Waals surface area contributed by atoms with Gasteiger partial charge in [-0.05, 0) is 42.0 Å². The first-order valence-electron chi connectivity index (χ1n) is 7.66. The van der Waals surface area contributed by atoms with Gasteiger partial charge in [0.25, 0.3) is 5.91 Å². The molecule has 0 bridgehead atoms. The average molecular weight is 354 g/mol. The molecule has 6 nitrogen and oxygen atoms in total. The Morgan fingerprint density at radius 1 is 1.08 bits per heavy atom. The normalized spacial score (nSPS) is 11.6. The van der Waals surface area contributed by atoms with Crippen LogP contribution in [-0.2, 0) is 0 Å². The second-order valence-electron chi connectivity index (χ2n) is 5.27. The monoisotopic (exact) mass is 353 g/mol. The molecule has 0 radical (unpaired) electrons. The smallest absolute Gasteiger partial charge is 0.271 e. The number of anilines is 1. The number of rotatable bonds is 5. The van der Waals surface area contributed by atoms with Gasteiger partial charge in [0.05, 0.1) is 11.7 Å². The Hall–Kier alpha value is -2.99. The van der Waals surface area contributed by atoms with E-state index in [1.54, 1.807) is 25.4 Å². The van der Waals surface area contributed by atoms with Gasteiger partial charge >= 0.3 is 0 Å². The maximum atomic E-state index is 11.6. The molecule has 3 rings (SSSR count). The van der Waals surface area contributed by atoms with Crippen LogP contribution in [0, 0.1) is 0 Å². The van der Waals surface area contributed by atoms with Crippen LogP contribution in [0.25, 0.3) is 0 Å². The number of carbonyl (C=O) groups excluding carboxylic acids is 1. The summed E-state index contributed by atoms with van der Waals surface area (Å²) in [6.45, 7) is 0. The van der Waals surface area contributed by atoms with Gasteiger partial charge in [-0.2, -0.15) is 0 Å². The first kappa shape index (κ1) is 16.9. The van der Waals surface area contributed by atoms with E-state index < -0.39 is 0 Å². The number of aromatic nitrogens is 3. The summed E-state index contributed by atoms with van der Waals surface area (Å²) in [5.41, 5.74) is 2.02. The van der Waals surface area contributed by atoms with Crippen molar-refractivity contribution in [1.29, 1.82) is 0 Å². The van der Waals surface area contributed by atoms with Gasteiger partial charge in [0.2, 0.25) is 0 Å². The van der Waals surface area contributed by atoms with Crippen LogP contribution in [0.15, 0.2) is 60.8 Å². The van der Waals surface area contributed by atoms with E-state index in [0.717, 1.165) is 11.3 Å².